The van der Waals surface area contributed by atoms with Crippen LogP contribution in [0.15, 0.2) is 24.5 Å². The van der Waals surface area contributed by atoms with Crippen molar-refractivity contribution >= 4 is 22.1 Å². The summed E-state index contributed by atoms with van der Waals surface area (Å²) in [4.78, 5) is 13.6. The van der Waals surface area contributed by atoms with Crippen LogP contribution in [0.3, 0.4) is 0 Å². The molecule has 0 radical (unpaired) electrons. The lowest BCUT2D eigenvalue weighted by Gasteiger charge is -2.06. The Labute approximate surface area is 106 Å². The largest absolute Gasteiger partial charge is 0.340 e. The molecule has 0 spiro atoms. The minimum Gasteiger partial charge on any atom is -0.340 e. The average molecular weight is 240 g/mol. The van der Waals surface area contributed by atoms with Crippen molar-refractivity contribution in [2.75, 3.05) is 0 Å². The van der Waals surface area contributed by atoms with Gasteiger partial charge in [-0.2, -0.15) is 0 Å². The lowest BCUT2D eigenvalue weighted by molar-refractivity contribution is 0.683. The zero-order valence-corrected chi connectivity index (χ0v) is 10.9. The van der Waals surface area contributed by atoms with E-state index in [1.54, 1.807) is 0 Å². The molecule has 18 heavy (non-hydrogen) atoms. The quantitative estimate of drug-likeness (QED) is 0.691. The molecule has 0 saturated heterocycles. The van der Waals surface area contributed by atoms with Crippen LogP contribution < -0.4 is 0 Å². The Balaban J connectivity index is 2.36. The summed E-state index contributed by atoms with van der Waals surface area (Å²) in [6.07, 6.45) is 4.77. The maximum atomic E-state index is 4.70. The SMILES string of the molecule is CCC(C)c1ncc2c(n1)c1ncccc1n2C. The maximum Gasteiger partial charge on any atom is 0.131 e. The van der Waals surface area contributed by atoms with Crippen molar-refractivity contribution in [3.63, 3.8) is 0 Å². The molecule has 1 atom stereocenters. The first-order chi connectivity index (χ1) is 8.72. The Bertz CT molecular complexity index is 714. The van der Waals surface area contributed by atoms with E-state index in [2.05, 4.69) is 34.4 Å². The van der Waals surface area contributed by atoms with Crippen LogP contribution >= 0.6 is 0 Å². The minimum atomic E-state index is 0.383. The summed E-state index contributed by atoms with van der Waals surface area (Å²) in [5, 5.41) is 0. The predicted octanol–water partition coefficient (Wildman–Crippen LogP) is 3.03. The fourth-order valence-corrected chi connectivity index (χ4v) is 2.21. The molecule has 3 heterocycles. The third-order valence-electron chi connectivity index (χ3n) is 3.57. The van der Waals surface area contributed by atoms with Crippen molar-refractivity contribution < 1.29 is 0 Å². The summed E-state index contributed by atoms with van der Waals surface area (Å²) in [5.41, 5.74) is 4.05. The molecule has 0 bridgehead atoms. The summed E-state index contributed by atoms with van der Waals surface area (Å²) in [5.74, 6) is 1.29. The van der Waals surface area contributed by atoms with E-state index < -0.39 is 0 Å². The van der Waals surface area contributed by atoms with Crippen LogP contribution in [0.4, 0.5) is 0 Å². The molecule has 4 heteroatoms. The molecule has 0 fully saturated rings. The first-order valence-electron chi connectivity index (χ1n) is 6.28. The van der Waals surface area contributed by atoms with Gasteiger partial charge in [0.25, 0.3) is 0 Å². The van der Waals surface area contributed by atoms with Gasteiger partial charge in [0.1, 0.15) is 16.9 Å². The van der Waals surface area contributed by atoms with Crippen LogP contribution in [0.25, 0.3) is 22.1 Å². The van der Waals surface area contributed by atoms with Crippen molar-refractivity contribution in [1.82, 2.24) is 19.5 Å². The van der Waals surface area contributed by atoms with E-state index >= 15 is 0 Å². The van der Waals surface area contributed by atoms with Crippen molar-refractivity contribution in [3.8, 4) is 0 Å². The van der Waals surface area contributed by atoms with Crippen LogP contribution in [0, 0.1) is 0 Å². The Hall–Kier alpha value is -1.97. The van der Waals surface area contributed by atoms with Gasteiger partial charge in [0.15, 0.2) is 0 Å². The van der Waals surface area contributed by atoms with E-state index in [0.717, 1.165) is 34.3 Å². The molecule has 0 aliphatic carbocycles. The zero-order chi connectivity index (χ0) is 12.7. The Morgan fingerprint density at radius 3 is 2.83 bits per heavy atom. The van der Waals surface area contributed by atoms with Crippen LogP contribution in [-0.2, 0) is 7.05 Å². The van der Waals surface area contributed by atoms with Crippen LogP contribution in [0.1, 0.15) is 32.0 Å². The molecule has 0 aromatic carbocycles. The van der Waals surface area contributed by atoms with Crippen LogP contribution in [0.5, 0.6) is 0 Å². The van der Waals surface area contributed by atoms with Gasteiger partial charge in [-0.15, -0.1) is 0 Å². The first kappa shape index (κ1) is 11.1. The summed E-state index contributed by atoms with van der Waals surface area (Å²) in [6.45, 7) is 4.30. The number of fused-ring (bicyclic) bond motifs is 3. The van der Waals surface area contributed by atoms with Gasteiger partial charge in [-0.05, 0) is 18.6 Å². The van der Waals surface area contributed by atoms with Gasteiger partial charge in [-0.1, -0.05) is 13.8 Å². The monoisotopic (exact) mass is 240 g/mol. The molecule has 0 amide bonds. The molecular formula is C14H16N4. The van der Waals surface area contributed by atoms with E-state index in [1.807, 2.05) is 25.5 Å². The van der Waals surface area contributed by atoms with Gasteiger partial charge in [0.05, 0.1) is 17.2 Å². The average Bonchev–Trinajstić information content (AvgIpc) is 2.72. The number of pyridine rings is 1. The molecule has 4 nitrogen and oxygen atoms in total. The molecule has 1 unspecified atom stereocenters. The highest BCUT2D eigenvalue weighted by atomic mass is 15.0. The lowest BCUT2D eigenvalue weighted by Crippen LogP contribution is -1.99. The topological polar surface area (TPSA) is 43.6 Å². The summed E-state index contributed by atoms with van der Waals surface area (Å²) in [7, 11) is 2.03. The number of nitrogens with zero attached hydrogens (tertiary/aromatic N) is 4. The van der Waals surface area contributed by atoms with Crippen molar-refractivity contribution in [2.45, 2.75) is 26.2 Å². The molecule has 3 rings (SSSR count). The van der Waals surface area contributed by atoms with Crippen molar-refractivity contribution in [3.05, 3.63) is 30.4 Å². The van der Waals surface area contributed by atoms with Crippen molar-refractivity contribution in [2.24, 2.45) is 7.05 Å². The smallest absolute Gasteiger partial charge is 0.131 e. The zero-order valence-electron chi connectivity index (χ0n) is 10.9. The summed E-state index contributed by atoms with van der Waals surface area (Å²) in [6, 6.07) is 4.01. The van der Waals surface area contributed by atoms with Gasteiger partial charge in [-0.25, -0.2) is 9.97 Å². The van der Waals surface area contributed by atoms with E-state index in [0.29, 0.717) is 5.92 Å². The standard InChI is InChI=1S/C14H16N4/c1-4-9(2)14-16-8-11-13(17-14)12-10(18(11)3)6-5-7-15-12/h5-9H,4H2,1-3H3. The molecule has 3 aromatic rings. The van der Waals surface area contributed by atoms with Gasteiger partial charge < -0.3 is 4.57 Å². The third-order valence-corrected chi connectivity index (χ3v) is 3.57. The number of aryl methyl sites for hydroxylation is 1. The minimum absolute atomic E-state index is 0.383. The second-order valence-corrected chi connectivity index (χ2v) is 4.70. The highest BCUT2D eigenvalue weighted by Crippen LogP contribution is 2.25. The number of hydrogen-bond donors (Lipinski definition) is 0. The summed E-state index contributed by atoms with van der Waals surface area (Å²) < 4.78 is 2.10. The van der Waals surface area contributed by atoms with Crippen LogP contribution in [-0.4, -0.2) is 19.5 Å². The van der Waals surface area contributed by atoms with E-state index in [1.165, 1.54) is 0 Å². The Morgan fingerprint density at radius 2 is 2.06 bits per heavy atom. The normalized spacial score (nSPS) is 13.3. The Kier molecular flexibility index (Phi) is 2.51. The molecule has 92 valence electrons. The Morgan fingerprint density at radius 1 is 1.22 bits per heavy atom. The lowest BCUT2D eigenvalue weighted by atomic mass is 10.1. The number of aromatic nitrogens is 4. The second kappa shape index (κ2) is 4.05. The molecule has 0 N–H and O–H groups in total. The summed E-state index contributed by atoms with van der Waals surface area (Å²) >= 11 is 0. The van der Waals surface area contributed by atoms with Crippen LogP contribution in [0.2, 0.25) is 0 Å². The fraction of sp³-hybridized carbons (Fsp3) is 0.357. The van der Waals surface area contributed by atoms with Gasteiger partial charge >= 0.3 is 0 Å². The van der Waals surface area contributed by atoms with E-state index in [-0.39, 0.29) is 0 Å². The van der Waals surface area contributed by atoms with E-state index in [9.17, 15) is 0 Å². The molecule has 0 aliphatic heterocycles. The molecule has 0 aliphatic rings. The predicted molar refractivity (Wildman–Crippen MR) is 72.5 cm³/mol. The maximum absolute atomic E-state index is 4.70. The van der Waals surface area contributed by atoms with Gasteiger partial charge in [0.2, 0.25) is 0 Å². The van der Waals surface area contributed by atoms with Crippen molar-refractivity contribution in [1.29, 1.82) is 0 Å². The number of hydrogen-bond acceptors (Lipinski definition) is 3. The highest BCUT2D eigenvalue weighted by Gasteiger charge is 2.13. The molecule has 0 saturated carbocycles. The molecular weight excluding hydrogens is 224 g/mol. The third kappa shape index (κ3) is 1.49. The second-order valence-electron chi connectivity index (χ2n) is 4.70. The highest BCUT2D eigenvalue weighted by molar-refractivity contribution is 6.02. The first-order valence-corrected chi connectivity index (χ1v) is 6.28. The van der Waals surface area contributed by atoms with E-state index in [4.69, 9.17) is 4.98 Å². The fourth-order valence-electron chi connectivity index (χ4n) is 2.21. The number of rotatable bonds is 2. The van der Waals surface area contributed by atoms with Gasteiger partial charge in [-0.3, -0.25) is 4.98 Å². The van der Waals surface area contributed by atoms with Gasteiger partial charge in [0, 0.05) is 19.2 Å². The molecule has 3 aromatic heterocycles.